The van der Waals surface area contributed by atoms with Gasteiger partial charge < -0.3 is 41.0 Å². The number of rotatable bonds is 13. The second-order valence-corrected chi connectivity index (χ2v) is 15.0. The van der Waals surface area contributed by atoms with Crippen LogP contribution in [-0.4, -0.2) is 91.1 Å². The number of carbonyl (C=O) groups is 4. The van der Waals surface area contributed by atoms with Crippen LogP contribution in [-0.2, 0) is 19.1 Å². The quantitative estimate of drug-likeness (QED) is 0.0744. The maximum Gasteiger partial charge on any atom is 0.407 e. The minimum absolute atomic E-state index is 0.128. The molecule has 2 saturated heterocycles. The third-order valence-corrected chi connectivity index (χ3v) is 10.4. The van der Waals surface area contributed by atoms with Gasteiger partial charge in [-0.15, -0.1) is 13.2 Å². The van der Waals surface area contributed by atoms with E-state index in [4.69, 9.17) is 15.2 Å². The van der Waals surface area contributed by atoms with E-state index in [0.717, 1.165) is 60.1 Å². The van der Waals surface area contributed by atoms with Gasteiger partial charge in [0.05, 0.1) is 26.3 Å². The van der Waals surface area contributed by atoms with Crippen LogP contribution >= 0.6 is 0 Å². The Kier molecular flexibility index (Phi) is 18.8. The monoisotopic (exact) mass is 809 g/mol. The van der Waals surface area contributed by atoms with E-state index in [1.165, 1.54) is 14.2 Å². The molecule has 13 nitrogen and oxygen atoms in total. The maximum atomic E-state index is 13.7. The predicted molar refractivity (Wildman–Crippen MR) is 235 cm³/mol. The summed E-state index contributed by atoms with van der Waals surface area (Å²) in [6.45, 7) is 20.9. The average molecular weight is 810 g/mol. The molecule has 1 aromatic rings. The van der Waals surface area contributed by atoms with Crippen molar-refractivity contribution in [2.24, 2.45) is 22.6 Å². The number of ether oxygens (including phenoxy) is 2. The second-order valence-electron chi connectivity index (χ2n) is 15.0. The smallest absolute Gasteiger partial charge is 0.407 e. The Morgan fingerprint density at radius 2 is 1.49 bits per heavy atom. The van der Waals surface area contributed by atoms with Crippen molar-refractivity contribution in [3.8, 4) is 11.8 Å². The first-order valence-electron chi connectivity index (χ1n) is 20.2. The molecule has 2 aliphatic heterocycles. The van der Waals surface area contributed by atoms with Crippen LogP contribution in [0, 0.1) is 23.7 Å². The van der Waals surface area contributed by atoms with Gasteiger partial charge in [0.25, 0.3) is 0 Å². The fourth-order valence-electron chi connectivity index (χ4n) is 7.29. The van der Waals surface area contributed by atoms with Crippen LogP contribution in [0.25, 0.3) is 11.3 Å². The maximum absolute atomic E-state index is 13.7. The number of benzene rings is 1. The molecule has 0 radical (unpaired) electrons. The number of amides is 4. The van der Waals surface area contributed by atoms with Gasteiger partial charge in [-0.3, -0.25) is 9.59 Å². The summed E-state index contributed by atoms with van der Waals surface area (Å²) in [5.41, 5.74) is 11.8. The number of carbonyl (C=O) groups excluding carboxylic acids is 4. The van der Waals surface area contributed by atoms with Crippen LogP contribution in [0.5, 0.6) is 0 Å². The first kappa shape index (κ1) is 47.3. The number of amidine groups is 1. The van der Waals surface area contributed by atoms with E-state index in [9.17, 15) is 19.2 Å². The van der Waals surface area contributed by atoms with Crippen molar-refractivity contribution in [3.05, 3.63) is 96.9 Å². The van der Waals surface area contributed by atoms with Crippen molar-refractivity contribution < 1.29 is 28.7 Å². The molecule has 0 aromatic heterocycles. The van der Waals surface area contributed by atoms with Crippen molar-refractivity contribution in [2.75, 3.05) is 27.3 Å². The van der Waals surface area contributed by atoms with E-state index < -0.39 is 24.3 Å². The van der Waals surface area contributed by atoms with Crippen molar-refractivity contribution in [2.45, 2.75) is 97.3 Å². The molecule has 4 rings (SSSR count). The molecule has 5 N–H and O–H groups in total. The van der Waals surface area contributed by atoms with Crippen molar-refractivity contribution in [1.29, 1.82) is 0 Å². The van der Waals surface area contributed by atoms with E-state index in [1.807, 2.05) is 52.8 Å². The lowest BCUT2D eigenvalue weighted by Crippen LogP contribution is -2.54. The van der Waals surface area contributed by atoms with Crippen molar-refractivity contribution >= 4 is 41.1 Å². The Bertz CT molecular complexity index is 1900. The molecule has 4 atom stereocenters. The van der Waals surface area contributed by atoms with Gasteiger partial charge in [0.15, 0.2) is 0 Å². The van der Waals surface area contributed by atoms with E-state index >= 15 is 0 Å². The molecule has 4 amide bonds. The molecule has 2 fully saturated rings. The highest BCUT2D eigenvalue weighted by molar-refractivity contribution is 5.94. The van der Waals surface area contributed by atoms with Gasteiger partial charge in [-0.05, 0) is 86.1 Å². The van der Waals surface area contributed by atoms with Crippen LogP contribution < -0.4 is 21.7 Å². The SMILES string of the molecule is C=C.C=C(N/C(=C\C)c1ccc(C#C/C=C/N=C(N)[C@@H]2CCCN2C(=O)C(NC(=O)OC)C(C)C)c(C2=CCCC=C2)c1)[C@@H]1CCCN1C(=O)C(NC(=O)OC)C(C)C. The van der Waals surface area contributed by atoms with Crippen molar-refractivity contribution in [3.63, 3.8) is 0 Å². The van der Waals surface area contributed by atoms with Gasteiger partial charge >= 0.3 is 12.2 Å². The minimum Gasteiger partial charge on any atom is -0.453 e. The number of allylic oxidation sites excluding steroid dienone is 6. The third-order valence-electron chi connectivity index (χ3n) is 10.4. The summed E-state index contributed by atoms with van der Waals surface area (Å²) in [5, 5.41) is 8.85. The van der Waals surface area contributed by atoms with Gasteiger partial charge in [0, 0.05) is 42.3 Å². The first-order valence-corrected chi connectivity index (χ1v) is 20.2. The van der Waals surface area contributed by atoms with Crippen LogP contribution in [0.1, 0.15) is 89.8 Å². The van der Waals surface area contributed by atoms with Crippen molar-refractivity contribution in [1.82, 2.24) is 25.8 Å². The van der Waals surface area contributed by atoms with E-state index in [1.54, 1.807) is 22.1 Å². The third kappa shape index (κ3) is 12.7. The van der Waals surface area contributed by atoms with E-state index in [0.29, 0.717) is 31.0 Å². The Morgan fingerprint density at radius 1 is 0.915 bits per heavy atom. The van der Waals surface area contributed by atoms with Gasteiger partial charge in [-0.2, -0.15) is 0 Å². The molecule has 0 spiro atoms. The lowest BCUT2D eigenvalue weighted by atomic mass is 9.93. The molecule has 1 aromatic carbocycles. The van der Waals surface area contributed by atoms with E-state index in [-0.39, 0.29) is 35.7 Å². The number of likely N-dealkylation sites (tertiary alicyclic amines) is 2. The van der Waals surface area contributed by atoms with Crippen LogP contribution in [0.4, 0.5) is 9.59 Å². The zero-order valence-corrected chi connectivity index (χ0v) is 35.8. The molecule has 3 aliphatic rings. The molecule has 2 unspecified atom stereocenters. The number of alkyl carbamates (subject to hydrolysis) is 2. The lowest BCUT2D eigenvalue weighted by Gasteiger charge is -2.32. The molecule has 2 heterocycles. The summed E-state index contributed by atoms with van der Waals surface area (Å²) in [6, 6.07) is 4.02. The molecular weight excluding hydrogens is 747 g/mol. The molecular formula is C46H63N7O6. The average Bonchev–Trinajstić information content (AvgIpc) is 3.95. The number of methoxy groups -OCH3 is 2. The fourth-order valence-corrected chi connectivity index (χ4v) is 7.29. The molecule has 0 bridgehead atoms. The molecule has 1 aliphatic carbocycles. The van der Waals surface area contributed by atoms with Crippen LogP contribution in [0.3, 0.4) is 0 Å². The minimum atomic E-state index is -0.741. The largest absolute Gasteiger partial charge is 0.453 e. The fraction of sp³-hybridized carbons (Fsp3) is 0.457. The number of hydrogen-bond donors (Lipinski definition) is 4. The normalized spacial score (nSPS) is 18.9. The molecule has 59 heavy (non-hydrogen) atoms. The highest BCUT2D eigenvalue weighted by Crippen LogP contribution is 2.30. The van der Waals surface area contributed by atoms with Crippen LogP contribution in [0.2, 0.25) is 0 Å². The summed E-state index contributed by atoms with van der Waals surface area (Å²) in [4.78, 5) is 58.9. The summed E-state index contributed by atoms with van der Waals surface area (Å²) in [5.74, 6) is 6.03. The van der Waals surface area contributed by atoms with Gasteiger partial charge in [-0.1, -0.05) is 76.5 Å². The van der Waals surface area contributed by atoms with Gasteiger partial charge in [0.1, 0.15) is 17.9 Å². The van der Waals surface area contributed by atoms with Crippen LogP contribution in [0.15, 0.2) is 85.2 Å². The lowest BCUT2D eigenvalue weighted by molar-refractivity contribution is -0.135. The molecule has 0 saturated carbocycles. The molecule has 13 heteroatoms. The number of aliphatic imine (C=N–C) groups is 1. The zero-order chi connectivity index (χ0) is 43.6. The Balaban J connectivity index is 0.00000458. The highest BCUT2D eigenvalue weighted by Gasteiger charge is 2.38. The number of nitrogens with one attached hydrogen (secondary N) is 3. The summed E-state index contributed by atoms with van der Waals surface area (Å²) >= 11 is 0. The number of nitrogens with two attached hydrogens (primary N) is 1. The predicted octanol–water partition coefficient (Wildman–Crippen LogP) is 6.65. The number of hydrogen-bond acceptors (Lipinski definition) is 8. The van der Waals surface area contributed by atoms with Gasteiger partial charge in [0.2, 0.25) is 11.8 Å². The Hall–Kier alpha value is -6.03. The molecule has 318 valence electrons. The highest BCUT2D eigenvalue weighted by atomic mass is 16.5. The zero-order valence-electron chi connectivity index (χ0n) is 35.8. The summed E-state index contributed by atoms with van der Waals surface area (Å²) in [7, 11) is 2.55. The first-order chi connectivity index (χ1) is 28.3. The summed E-state index contributed by atoms with van der Waals surface area (Å²) < 4.78 is 9.50. The topological polar surface area (TPSA) is 168 Å². The Morgan fingerprint density at radius 3 is 2.02 bits per heavy atom. The Labute approximate surface area is 350 Å². The second kappa shape index (κ2) is 23.4. The standard InChI is InChI=1S/C44H59N7O6.C2H4/c1-9-35(47-30(6)36-20-15-25-50(36)41(52)38(28(2)3)48-43(54)56-7)33-23-22-32(34(27-33)31-17-11-10-12-18-31)19-13-14-24-46-40(45)37-21-16-26-51(37)42(53)39(29(4)5)49-44(55)57-8;1-2/h9,11,14,17-18,22-24,27-29,36-39,47H,6,10,12,15-16,20-21,25-26H2,1-5,7-8H3,(H2,45,46)(H,48,54)(H,49,55);1-2H2/b24-14+,35-9-;/t36-,37-,38?,39?;/m0./s1. The van der Waals surface area contributed by atoms with E-state index in [2.05, 4.69) is 76.8 Å². The number of nitrogens with zero attached hydrogens (tertiary/aromatic N) is 3. The summed E-state index contributed by atoms with van der Waals surface area (Å²) in [6.07, 6.45) is 15.3. The van der Waals surface area contributed by atoms with Gasteiger partial charge in [-0.25, -0.2) is 14.6 Å².